The second-order valence-electron chi connectivity index (χ2n) is 2.58. The van der Waals surface area contributed by atoms with Crippen molar-refractivity contribution in [2.75, 3.05) is 5.73 Å². The van der Waals surface area contributed by atoms with Gasteiger partial charge in [-0.25, -0.2) is 0 Å². The van der Waals surface area contributed by atoms with E-state index in [4.69, 9.17) is 5.73 Å². The molecule has 0 bridgehead atoms. The maximum Gasteiger partial charge on any atom is 0.332 e. The Labute approximate surface area is 84.1 Å². The number of hydrogen-bond acceptors (Lipinski definition) is 3. The molecule has 0 aliphatic carbocycles. The van der Waals surface area contributed by atoms with Gasteiger partial charge in [0.25, 0.3) is 0 Å². The van der Waals surface area contributed by atoms with Gasteiger partial charge in [-0.2, -0.15) is 8.42 Å². The van der Waals surface area contributed by atoms with Crippen molar-refractivity contribution in [3.63, 3.8) is 0 Å². The molecule has 0 atom stereocenters. The lowest BCUT2D eigenvalue weighted by Crippen LogP contribution is -1.98. The fraction of sp³-hybridized carbons (Fsp3) is 0.143. The summed E-state index contributed by atoms with van der Waals surface area (Å²) in [4.78, 5) is -0.381. The van der Waals surface area contributed by atoms with Crippen LogP contribution in [0.15, 0.2) is 21.5 Å². The van der Waals surface area contributed by atoms with Gasteiger partial charge in [-0.05, 0) is 40.5 Å². The summed E-state index contributed by atoms with van der Waals surface area (Å²) in [5, 5.41) is 0. The van der Waals surface area contributed by atoms with Crippen LogP contribution >= 0.6 is 15.9 Å². The quantitative estimate of drug-likeness (QED) is 0.626. The van der Waals surface area contributed by atoms with E-state index < -0.39 is 10.2 Å². The van der Waals surface area contributed by atoms with E-state index in [9.17, 15) is 12.3 Å². The molecule has 0 aromatic heterocycles. The van der Waals surface area contributed by atoms with Crippen LogP contribution in [0.1, 0.15) is 5.56 Å². The summed E-state index contributed by atoms with van der Waals surface area (Å²) in [5.74, 6) is 0. The molecule has 0 saturated heterocycles. The summed E-state index contributed by atoms with van der Waals surface area (Å²) >= 11 is 3.10. The van der Waals surface area contributed by atoms with E-state index in [1.165, 1.54) is 13.0 Å². The molecule has 0 fully saturated rings. The largest absolute Gasteiger partial charge is 0.398 e. The van der Waals surface area contributed by atoms with E-state index in [0.29, 0.717) is 10.0 Å². The Kier molecular flexibility index (Phi) is 2.63. The Hall–Kier alpha value is -0.620. The minimum atomic E-state index is -4.67. The first-order chi connectivity index (χ1) is 5.82. The highest BCUT2D eigenvalue weighted by Gasteiger charge is 2.16. The normalized spacial score (nSPS) is 11.6. The summed E-state index contributed by atoms with van der Waals surface area (Å²) in [7, 11) is -4.67. The Morgan fingerprint density at radius 2 is 2.00 bits per heavy atom. The molecule has 2 N–H and O–H groups in total. The van der Waals surface area contributed by atoms with E-state index in [2.05, 4.69) is 15.9 Å². The average molecular weight is 268 g/mol. The third-order valence-corrected chi connectivity index (χ3v) is 3.21. The van der Waals surface area contributed by atoms with Crippen LogP contribution in [0.5, 0.6) is 0 Å². The van der Waals surface area contributed by atoms with Crippen molar-refractivity contribution in [1.82, 2.24) is 0 Å². The topological polar surface area (TPSA) is 60.2 Å². The van der Waals surface area contributed by atoms with Crippen LogP contribution in [0.3, 0.4) is 0 Å². The van der Waals surface area contributed by atoms with Crippen LogP contribution in [0, 0.1) is 6.92 Å². The average Bonchev–Trinajstić information content (AvgIpc) is 1.94. The number of anilines is 1. The highest BCUT2D eigenvalue weighted by molar-refractivity contribution is 9.10. The van der Waals surface area contributed by atoms with Crippen LogP contribution in [-0.4, -0.2) is 8.42 Å². The van der Waals surface area contributed by atoms with Crippen molar-refractivity contribution >= 4 is 31.8 Å². The number of rotatable bonds is 1. The monoisotopic (exact) mass is 267 g/mol. The zero-order valence-corrected chi connectivity index (χ0v) is 9.12. The van der Waals surface area contributed by atoms with Gasteiger partial charge in [0, 0.05) is 10.2 Å². The van der Waals surface area contributed by atoms with Gasteiger partial charge in [0.05, 0.1) is 0 Å². The van der Waals surface area contributed by atoms with Gasteiger partial charge in [0.1, 0.15) is 4.90 Å². The summed E-state index contributed by atoms with van der Waals surface area (Å²) in [6.45, 7) is 1.50. The Balaban J connectivity index is 3.50. The lowest BCUT2D eigenvalue weighted by atomic mass is 10.2. The van der Waals surface area contributed by atoms with Gasteiger partial charge in [0.2, 0.25) is 0 Å². The van der Waals surface area contributed by atoms with Crippen molar-refractivity contribution in [2.45, 2.75) is 11.8 Å². The van der Waals surface area contributed by atoms with E-state index >= 15 is 0 Å². The van der Waals surface area contributed by atoms with Crippen molar-refractivity contribution in [3.8, 4) is 0 Å². The number of aryl methyl sites for hydroxylation is 1. The minimum absolute atomic E-state index is 0.196. The molecule has 72 valence electrons. The van der Waals surface area contributed by atoms with Crippen LogP contribution < -0.4 is 5.73 Å². The number of benzene rings is 1. The van der Waals surface area contributed by atoms with Crippen molar-refractivity contribution < 1.29 is 12.3 Å². The summed E-state index contributed by atoms with van der Waals surface area (Å²) < 4.78 is 34.3. The predicted molar refractivity (Wildman–Crippen MR) is 51.6 cm³/mol. The Bertz CT molecular complexity index is 444. The summed E-state index contributed by atoms with van der Waals surface area (Å²) in [6.07, 6.45) is 0. The van der Waals surface area contributed by atoms with Gasteiger partial charge in [-0.15, -0.1) is 3.89 Å². The first kappa shape index (κ1) is 10.5. The van der Waals surface area contributed by atoms with Gasteiger partial charge in [-0.3, -0.25) is 0 Å². The summed E-state index contributed by atoms with van der Waals surface area (Å²) in [6, 6.07) is 2.55. The smallest absolute Gasteiger partial charge is 0.332 e. The SMILES string of the molecule is Cc1cc(Br)c(N)cc1S(=O)(=O)F. The number of hydrogen-bond donors (Lipinski definition) is 1. The van der Waals surface area contributed by atoms with Gasteiger partial charge >= 0.3 is 10.2 Å². The highest BCUT2D eigenvalue weighted by Crippen LogP contribution is 2.27. The molecule has 13 heavy (non-hydrogen) atoms. The first-order valence-corrected chi connectivity index (χ1v) is 5.50. The zero-order valence-electron chi connectivity index (χ0n) is 6.71. The van der Waals surface area contributed by atoms with Gasteiger partial charge < -0.3 is 5.73 Å². The zero-order chi connectivity index (χ0) is 10.2. The lowest BCUT2D eigenvalue weighted by molar-refractivity contribution is 0.551. The minimum Gasteiger partial charge on any atom is -0.398 e. The highest BCUT2D eigenvalue weighted by atomic mass is 79.9. The molecule has 1 aromatic carbocycles. The number of halogens is 2. The van der Waals surface area contributed by atoms with Gasteiger partial charge in [-0.1, -0.05) is 0 Å². The molecule has 1 rings (SSSR count). The third kappa shape index (κ3) is 2.19. The van der Waals surface area contributed by atoms with E-state index in [-0.39, 0.29) is 10.6 Å². The molecule has 6 heteroatoms. The lowest BCUT2D eigenvalue weighted by Gasteiger charge is -2.04. The molecular weight excluding hydrogens is 261 g/mol. The first-order valence-electron chi connectivity index (χ1n) is 3.32. The van der Waals surface area contributed by atoms with Crippen LogP contribution in [0.2, 0.25) is 0 Å². The van der Waals surface area contributed by atoms with E-state index in [1.54, 1.807) is 0 Å². The van der Waals surface area contributed by atoms with E-state index in [1.807, 2.05) is 0 Å². The van der Waals surface area contributed by atoms with E-state index in [0.717, 1.165) is 6.07 Å². The van der Waals surface area contributed by atoms with Crippen molar-refractivity contribution in [3.05, 3.63) is 22.2 Å². The molecule has 0 spiro atoms. The standard InChI is InChI=1S/C7H7BrFNO2S/c1-4-2-5(8)6(10)3-7(4)13(9,11)12/h2-3H,10H2,1H3. The molecule has 0 aliphatic heterocycles. The molecule has 0 heterocycles. The second-order valence-corrected chi connectivity index (χ2v) is 4.75. The molecule has 0 aliphatic rings. The third-order valence-electron chi connectivity index (χ3n) is 1.56. The number of nitrogens with two attached hydrogens (primary N) is 1. The second kappa shape index (κ2) is 3.26. The molecule has 3 nitrogen and oxygen atoms in total. The van der Waals surface area contributed by atoms with Crippen LogP contribution in [0.4, 0.5) is 9.57 Å². The summed E-state index contributed by atoms with van der Waals surface area (Å²) in [5.41, 5.74) is 5.93. The molecule has 0 saturated carbocycles. The maximum absolute atomic E-state index is 12.6. The number of nitrogen functional groups attached to an aromatic ring is 1. The molecule has 0 amide bonds. The van der Waals surface area contributed by atoms with Crippen LogP contribution in [-0.2, 0) is 10.2 Å². The van der Waals surface area contributed by atoms with Crippen LogP contribution in [0.25, 0.3) is 0 Å². The molecule has 1 aromatic rings. The molecule has 0 unspecified atom stereocenters. The predicted octanol–water partition coefficient (Wildman–Crippen LogP) is 2.00. The Morgan fingerprint density at radius 1 is 1.46 bits per heavy atom. The maximum atomic E-state index is 12.6. The molecular formula is C7H7BrFNO2S. The fourth-order valence-corrected chi connectivity index (χ4v) is 2.10. The van der Waals surface area contributed by atoms with Gasteiger partial charge in [0.15, 0.2) is 0 Å². The van der Waals surface area contributed by atoms with Crippen molar-refractivity contribution in [1.29, 1.82) is 0 Å². The van der Waals surface area contributed by atoms with Crippen molar-refractivity contribution in [2.24, 2.45) is 0 Å². The fourth-order valence-electron chi connectivity index (χ4n) is 0.931. The Morgan fingerprint density at radius 3 is 2.46 bits per heavy atom. The molecule has 0 radical (unpaired) electrons.